The van der Waals surface area contributed by atoms with Crippen LogP contribution >= 0.6 is 0 Å². The molecule has 2 amide bonds. The lowest BCUT2D eigenvalue weighted by Crippen LogP contribution is -2.40. The normalized spacial score (nSPS) is 13.7. The number of carbonyl (C=O) groups excluding carboxylic acids is 2. The molecular weight excluding hydrogens is 364 g/mol. The van der Waals surface area contributed by atoms with Gasteiger partial charge in [-0.15, -0.1) is 0 Å². The van der Waals surface area contributed by atoms with Crippen LogP contribution in [0, 0.1) is 0 Å². The summed E-state index contributed by atoms with van der Waals surface area (Å²) in [5.74, 6) is 0.410. The number of amides is 2. The van der Waals surface area contributed by atoms with Crippen molar-refractivity contribution >= 4 is 11.8 Å². The lowest BCUT2D eigenvalue weighted by atomic mass is 10.0. The fourth-order valence-corrected chi connectivity index (χ4v) is 3.66. The first-order chi connectivity index (χ1) is 14.2. The summed E-state index contributed by atoms with van der Waals surface area (Å²) in [5.41, 5.74) is 3.32. The van der Waals surface area contributed by atoms with E-state index in [1.807, 2.05) is 78.9 Å². The molecule has 1 aliphatic heterocycles. The molecular formula is C24H22N2O3. The minimum absolute atomic E-state index is 0.119. The van der Waals surface area contributed by atoms with E-state index in [-0.39, 0.29) is 11.8 Å². The minimum Gasteiger partial charge on any atom is -0.497 e. The Kier molecular flexibility index (Phi) is 5.29. The van der Waals surface area contributed by atoms with Crippen molar-refractivity contribution in [3.05, 3.63) is 101 Å². The Morgan fingerprint density at radius 2 is 1.79 bits per heavy atom. The molecule has 0 bridgehead atoms. The molecule has 0 spiro atoms. The molecule has 1 unspecified atom stereocenters. The second-order valence-electron chi connectivity index (χ2n) is 6.97. The number of carbonyl (C=O) groups is 2. The molecule has 1 aliphatic rings. The summed E-state index contributed by atoms with van der Waals surface area (Å²) in [6.07, 6.45) is 0. The summed E-state index contributed by atoms with van der Waals surface area (Å²) in [6.45, 7) is 0.773. The molecule has 3 aromatic rings. The van der Waals surface area contributed by atoms with E-state index in [4.69, 9.17) is 4.74 Å². The Hall–Kier alpha value is -3.60. The summed E-state index contributed by atoms with van der Waals surface area (Å²) in [4.78, 5) is 27.9. The van der Waals surface area contributed by atoms with Gasteiger partial charge in [-0.05, 0) is 34.9 Å². The monoisotopic (exact) mass is 386 g/mol. The fraction of sp³-hybridized carbons (Fsp3) is 0.167. The standard InChI is InChI=1S/C24H22N2O3/c1-29-20-12-7-8-17(14-20)15-25-23(27)22(18-9-3-2-4-10-18)26-16-19-11-5-6-13-21(19)24(26)28/h2-14,22H,15-16H2,1H3,(H,25,27). The van der Waals surface area contributed by atoms with E-state index in [0.29, 0.717) is 18.7 Å². The summed E-state index contributed by atoms with van der Waals surface area (Å²) >= 11 is 0. The lowest BCUT2D eigenvalue weighted by molar-refractivity contribution is -0.126. The van der Waals surface area contributed by atoms with Crippen LogP contribution in [0.15, 0.2) is 78.9 Å². The molecule has 0 radical (unpaired) electrons. The fourth-order valence-electron chi connectivity index (χ4n) is 3.66. The van der Waals surface area contributed by atoms with Gasteiger partial charge in [0.15, 0.2) is 0 Å². The number of benzene rings is 3. The van der Waals surface area contributed by atoms with Crippen LogP contribution in [0.3, 0.4) is 0 Å². The summed E-state index contributed by atoms with van der Waals surface area (Å²) < 4.78 is 5.24. The first kappa shape index (κ1) is 18.7. The zero-order chi connectivity index (χ0) is 20.2. The molecule has 0 fully saturated rings. The smallest absolute Gasteiger partial charge is 0.255 e. The highest BCUT2D eigenvalue weighted by molar-refractivity contribution is 6.01. The first-order valence-corrected chi connectivity index (χ1v) is 9.52. The Morgan fingerprint density at radius 1 is 1.03 bits per heavy atom. The van der Waals surface area contributed by atoms with Gasteiger partial charge in [0.25, 0.3) is 5.91 Å². The van der Waals surface area contributed by atoms with Gasteiger partial charge in [-0.2, -0.15) is 0 Å². The number of nitrogens with zero attached hydrogens (tertiary/aromatic N) is 1. The maximum absolute atomic E-state index is 13.2. The number of methoxy groups -OCH3 is 1. The molecule has 5 heteroatoms. The second-order valence-corrected chi connectivity index (χ2v) is 6.97. The average molecular weight is 386 g/mol. The van der Waals surface area contributed by atoms with Gasteiger partial charge in [0.05, 0.1) is 7.11 Å². The number of rotatable bonds is 6. The minimum atomic E-state index is -0.693. The number of hydrogen-bond acceptors (Lipinski definition) is 3. The molecule has 0 saturated carbocycles. The Morgan fingerprint density at radius 3 is 2.55 bits per heavy atom. The molecule has 146 valence electrons. The van der Waals surface area contributed by atoms with Gasteiger partial charge in [0, 0.05) is 18.7 Å². The largest absolute Gasteiger partial charge is 0.497 e. The quantitative estimate of drug-likeness (QED) is 0.703. The van der Waals surface area contributed by atoms with Crippen molar-refractivity contribution < 1.29 is 14.3 Å². The summed E-state index contributed by atoms with van der Waals surface area (Å²) in [7, 11) is 1.61. The molecule has 0 saturated heterocycles. The predicted octanol–water partition coefficient (Wildman–Crippen LogP) is 3.71. The van der Waals surface area contributed by atoms with Crippen molar-refractivity contribution in [2.75, 3.05) is 7.11 Å². The topological polar surface area (TPSA) is 58.6 Å². The average Bonchev–Trinajstić information content (AvgIpc) is 3.10. The Balaban J connectivity index is 1.58. The van der Waals surface area contributed by atoms with Crippen LogP contribution in [-0.2, 0) is 17.9 Å². The zero-order valence-corrected chi connectivity index (χ0v) is 16.2. The molecule has 0 aliphatic carbocycles. The van der Waals surface area contributed by atoms with Gasteiger partial charge in [-0.1, -0.05) is 60.7 Å². The van der Waals surface area contributed by atoms with Crippen molar-refractivity contribution in [3.63, 3.8) is 0 Å². The SMILES string of the molecule is COc1cccc(CNC(=O)C(c2ccccc2)N2Cc3ccccc3C2=O)c1. The predicted molar refractivity (Wildman–Crippen MR) is 110 cm³/mol. The highest BCUT2D eigenvalue weighted by atomic mass is 16.5. The van der Waals surface area contributed by atoms with Gasteiger partial charge in [0.2, 0.25) is 5.91 Å². The van der Waals surface area contributed by atoms with Crippen LogP contribution in [0.5, 0.6) is 5.75 Å². The van der Waals surface area contributed by atoms with Gasteiger partial charge < -0.3 is 15.0 Å². The third kappa shape index (κ3) is 3.85. The molecule has 1 heterocycles. The molecule has 0 aromatic heterocycles. The van der Waals surface area contributed by atoms with E-state index in [1.165, 1.54) is 0 Å². The molecule has 29 heavy (non-hydrogen) atoms. The van der Waals surface area contributed by atoms with Crippen LogP contribution in [-0.4, -0.2) is 23.8 Å². The van der Waals surface area contributed by atoms with Gasteiger partial charge in [-0.25, -0.2) is 0 Å². The number of ether oxygens (including phenoxy) is 1. The maximum Gasteiger partial charge on any atom is 0.255 e. The number of nitrogens with one attached hydrogen (secondary N) is 1. The van der Waals surface area contributed by atoms with E-state index in [2.05, 4.69) is 5.32 Å². The molecule has 5 nitrogen and oxygen atoms in total. The van der Waals surface area contributed by atoms with Crippen molar-refractivity contribution in [1.29, 1.82) is 0 Å². The molecule has 1 N–H and O–H groups in total. The first-order valence-electron chi connectivity index (χ1n) is 9.52. The number of hydrogen-bond donors (Lipinski definition) is 1. The molecule has 4 rings (SSSR count). The van der Waals surface area contributed by atoms with Crippen LogP contribution < -0.4 is 10.1 Å². The number of fused-ring (bicyclic) bond motifs is 1. The summed E-state index contributed by atoms with van der Waals surface area (Å²) in [6, 6.07) is 23.8. The molecule has 1 atom stereocenters. The molecule has 3 aromatic carbocycles. The van der Waals surface area contributed by atoms with Crippen molar-refractivity contribution in [3.8, 4) is 5.75 Å². The van der Waals surface area contributed by atoms with Gasteiger partial charge in [-0.3, -0.25) is 9.59 Å². The van der Waals surface area contributed by atoms with E-state index in [1.54, 1.807) is 12.0 Å². The highest BCUT2D eigenvalue weighted by Gasteiger charge is 2.37. The van der Waals surface area contributed by atoms with Crippen LogP contribution in [0.25, 0.3) is 0 Å². The highest BCUT2D eigenvalue weighted by Crippen LogP contribution is 2.31. The Bertz CT molecular complexity index is 1030. The van der Waals surface area contributed by atoms with E-state index in [9.17, 15) is 9.59 Å². The van der Waals surface area contributed by atoms with Crippen molar-refractivity contribution in [1.82, 2.24) is 10.2 Å². The van der Waals surface area contributed by atoms with Crippen molar-refractivity contribution in [2.45, 2.75) is 19.1 Å². The van der Waals surface area contributed by atoms with E-state index in [0.717, 1.165) is 22.4 Å². The van der Waals surface area contributed by atoms with E-state index >= 15 is 0 Å². The third-order valence-corrected chi connectivity index (χ3v) is 5.13. The maximum atomic E-state index is 13.2. The Labute approximate surface area is 169 Å². The second kappa shape index (κ2) is 8.19. The van der Waals surface area contributed by atoms with Gasteiger partial charge >= 0.3 is 0 Å². The van der Waals surface area contributed by atoms with Gasteiger partial charge in [0.1, 0.15) is 11.8 Å². The third-order valence-electron chi connectivity index (χ3n) is 5.13. The van der Waals surface area contributed by atoms with E-state index < -0.39 is 6.04 Å². The lowest BCUT2D eigenvalue weighted by Gasteiger charge is -2.27. The van der Waals surface area contributed by atoms with Crippen LogP contribution in [0.2, 0.25) is 0 Å². The van der Waals surface area contributed by atoms with Crippen molar-refractivity contribution in [2.24, 2.45) is 0 Å². The van der Waals surface area contributed by atoms with Crippen LogP contribution in [0.4, 0.5) is 0 Å². The summed E-state index contributed by atoms with van der Waals surface area (Å²) in [5, 5.41) is 2.98. The zero-order valence-electron chi connectivity index (χ0n) is 16.2. The van der Waals surface area contributed by atoms with Crippen LogP contribution in [0.1, 0.15) is 33.1 Å².